The van der Waals surface area contributed by atoms with Crippen molar-refractivity contribution in [1.29, 1.82) is 0 Å². The molecule has 0 aliphatic carbocycles. The van der Waals surface area contributed by atoms with Gasteiger partial charge in [0, 0.05) is 25.9 Å². The van der Waals surface area contributed by atoms with Crippen LogP contribution in [-0.2, 0) is 55.8 Å². The maximum absolute atomic E-state index is 14.2. The minimum atomic E-state index is -1.06. The van der Waals surface area contributed by atoms with Crippen LogP contribution in [0.2, 0.25) is 0 Å². The number of rotatable bonds is 14. The smallest absolute Gasteiger partial charge is 0.870 e. The van der Waals surface area contributed by atoms with Crippen molar-refractivity contribution in [1.82, 2.24) is 19.6 Å². The first kappa shape index (κ1) is 62.4. The molecule has 4 N–H and O–H groups in total. The van der Waals surface area contributed by atoms with E-state index in [1.54, 1.807) is 9.80 Å². The van der Waals surface area contributed by atoms with Crippen LogP contribution in [0.4, 0.5) is 0 Å². The van der Waals surface area contributed by atoms with Crippen LogP contribution in [0.25, 0.3) is 0 Å². The van der Waals surface area contributed by atoms with E-state index in [9.17, 15) is 33.9 Å². The molecule has 17 heteroatoms. The van der Waals surface area contributed by atoms with Gasteiger partial charge in [0.05, 0.1) is 56.3 Å². The van der Waals surface area contributed by atoms with Crippen LogP contribution >= 0.6 is 0 Å². The summed E-state index contributed by atoms with van der Waals surface area (Å²) < 4.78 is 16.3. The number of hydrogen-bond acceptors (Lipinski definition) is 10. The van der Waals surface area contributed by atoms with Crippen LogP contribution in [-0.4, -0.2) is 154 Å². The molecular weight excluding hydrogens is 1000 g/mol. The monoisotopic (exact) mass is 1070 g/mol. The zero-order valence-corrected chi connectivity index (χ0v) is 43.9. The Morgan fingerprint density at radius 1 is 0.532 bits per heavy atom. The predicted octanol–water partition coefficient (Wildman–Crippen LogP) is 3.41. The van der Waals surface area contributed by atoms with Gasteiger partial charge in [-0.15, -0.1) is 0 Å². The zero-order chi connectivity index (χ0) is 52.3. The van der Waals surface area contributed by atoms with Crippen molar-refractivity contribution in [2.24, 2.45) is 0 Å². The summed E-state index contributed by atoms with van der Waals surface area (Å²) in [4.78, 5) is 86.6. The summed E-state index contributed by atoms with van der Waals surface area (Å²) in [6.07, 6.45) is 1.75. The van der Waals surface area contributed by atoms with E-state index in [2.05, 4.69) is 0 Å². The van der Waals surface area contributed by atoms with Crippen LogP contribution in [0.5, 0.6) is 0 Å². The van der Waals surface area contributed by atoms with E-state index in [-0.39, 0.29) is 112 Å². The minimum absolute atomic E-state index is 0. The number of ether oxygens (including phenoxy) is 3. The molecule has 0 unspecified atom stereocenters. The standard InChI is InChI=1S/C31H32N2O5.C30H30N2O5.CH4.Li.2H2O/c1-37-31(36)27-18-25(33-26(20-38-21-28(33)34)17-22-11-5-2-6-12-22)19-32(27)30(35)29(23-13-7-3-8-14-23)24-15-9-4-10-16-24;33-27-20-37-19-25(16-21-10-4-1-5-11-21)32(27)24-17-26(30(35)36)31(18-24)29(34)28(22-12-6-2-7-13-22)23-14-8-3-9-15-23;;;;/h2-16,25-27,29H,17-21H2,1H3;1-15,24-26,28H,16-20H2,(H,35,36);1H4;;2*1H2/q;;;+1;;/p-1/t25-,26-,27-;24-,25-,26-;;;;/m00..../s1. The molecule has 4 saturated heterocycles. The maximum atomic E-state index is 14.2. The van der Waals surface area contributed by atoms with E-state index in [0.717, 1.165) is 33.4 Å². The zero-order valence-electron chi connectivity index (χ0n) is 43.9. The van der Waals surface area contributed by atoms with Gasteiger partial charge in [-0.1, -0.05) is 189 Å². The molecule has 6 aromatic rings. The van der Waals surface area contributed by atoms with E-state index in [1.165, 1.54) is 12.0 Å². The van der Waals surface area contributed by atoms with Crippen molar-refractivity contribution in [2.45, 2.75) is 81.2 Å². The number of benzene rings is 6. The minimum Gasteiger partial charge on any atom is -0.870 e. The maximum Gasteiger partial charge on any atom is 1.00 e. The van der Waals surface area contributed by atoms with Gasteiger partial charge in [-0.2, -0.15) is 0 Å². The Balaban J connectivity index is 0.000000277. The van der Waals surface area contributed by atoms with Crippen molar-refractivity contribution in [3.8, 4) is 0 Å². The van der Waals surface area contributed by atoms with Crippen molar-refractivity contribution in [3.05, 3.63) is 215 Å². The van der Waals surface area contributed by atoms with E-state index in [1.807, 2.05) is 187 Å². The first-order chi connectivity index (χ1) is 36.6. The number of methoxy groups -OCH3 is 1. The molecular formula is C62H69LiN4O12. The molecule has 4 heterocycles. The van der Waals surface area contributed by atoms with Crippen LogP contribution in [0, 0.1) is 0 Å². The molecule has 4 aliphatic heterocycles. The number of nitrogens with zero attached hydrogens (tertiary/aromatic N) is 4. The molecule has 4 aliphatic rings. The molecule has 4 fully saturated rings. The Labute approximate surface area is 474 Å². The van der Waals surface area contributed by atoms with Crippen molar-refractivity contribution >= 4 is 35.6 Å². The fourth-order valence-electron chi connectivity index (χ4n) is 11.4. The second-order valence-corrected chi connectivity index (χ2v) is 19.5. The number of morpholine rings is 2. The second-order valence-electron chi connectivity index (χ2n) is 19.5. The van der Waals surface area contributed by atoms with Gasteiger partial charge >= 0.3 is 30.8 Å². The summed E-state index contributed by atoms with van der Waals surface area (Å²) in [6.45, 7) is 1.16. The third-order valence-corrected chi connectivity index (χ3v) is 14.8. The molecule has 6 atom stereocenters. The summed E-state index contributed by atoms with van der Waals surface area (Å²) in [5.41, 5.74) is 5.47. The Morgan fingerprint density at radius 3 is 1.15 bits per heavy atom. The second kappa shape index (κ2) is 29.5. The fourth-order valence-corrected chi connectivity index (χ4v) is 11.4. The number of amides is 4. The summed E-state index contributed by atoms with van der Waals surface area (Å²) in [5, 5.41) is 10.1. The summed E-state index contributed by atoms with van der Waals surface area (Å²) >= 11 is 0. The Hall–Kier alpha value is -7.42. The molecule has 0 aromatic heterocycles. The molecule has 410 valence electrons. The Kier molecular flexibility index (Phi) is 23.3. The molecule has 0 radical (unpaired) electrons. The van der Waals surface area contributed by atoms with Crippen molar-refractivity contribution < 1.29 is 77.9 Å². The Bertz CT molecular complexity index is 2820. The summed E-state index contributed by atoms with van der Waals surface area (Å²) in [6, 6.07) is 54.9. The Morgan fingerprint density at radius 2 is 0.835 bits per heavy atom. The van der Waals surface area contributed by atoms with Gasteiger partial charge < -0.3 is 49.9 Å². The summed E-state index contributed by atoms with van der Waals surface area (Å²) in [5.74, 6) is -3.49. The molecule has 10 rings (SSSR count). The van der Waals surface area contributed by atoms with Gasteiger partial charge in [0.2, 0.25) is 23.6 Å². The normalized spacial score (nSPS) is 20.6. The van der Waals surface area contributed by atoms with Gasteiger partial charge in [0.1, 0.15) is 25.3 Å². The number of carboxylic acid groups (broad SMARTS) is 1. The van der Waals surface area contributed by atoms with Gasteiger partial charge in [0.25, 0.3) is 0 Å². The SMILES string of the molecule is C.COC(=O)[C@@H]1C[C@H](N2C(=O)COC[C@@H]2Cc2ccccc2)CN1C(=O)C(c1ccccc1)c1ccccc1.O.O=C(O)[C@@H]1C[C@H](N2C(=O)COC[C@@H]2Cc2ccccc2)CN1C(=O)C(c1ccccc1)c1ccccc1.[Li+].[OH-]. The van der Waals surface area contributed by atoms with E-state index >= 15 is 0 Å². The van der Waals surface area contributed by atoms with E-state index in [0.29, 0.717) is 32.5 Å². The van der Waals surface area contributed by atoms with Crippen molar-refractivity contribution in [3.63, 3.8) is 0 Å². The first-order valence-corrected chi connectivity index (χ1v) is 25.6. The van der Waals surface area contributed by atoms with Gasteiger partial charge in [-0.3, -0.25) is 19.2 Å². The third-order valence-electron chi connectivity index (χ3n) is 14.8. The number of carboxylic acids is 1. The third kappa shape index (κ3) is 14.6. The average Bonchev–Trinajstić information content (AvgIpc) is 4.21. The average molecular weight is 1070 g/mol. The number of carbonyl (C=O) groups excluding carboxylic acids is 5. The van der Waals surface area contributed by atoms with Gasteiger partial charge in [-0.05, 0) is 46.2 Å². The number of carbonyl (C=O) groups is 6. The number of aliphatic carboxylic acids is 1. The van der Waals surface area contributed by atoms with E-state index in [4.69, 9.17) is 14.2 Å². The number of hydrogen-bond donors (Lipinski definition) is 1. The largest absolute Gasteiger partial charge is 1.00 e. The van der Waals surface area contributed by atoms with Gasteiger partial charge in [-0.25, -0.2) is 9.59 Å². The van der Waals surface area contributed by atoms with Crippen LogP contribution in [0.3, 0.4) is 0 Å². The summed E-state index contributed by atoms with van der Waals surface area (Å²) in [7, 11) is 1.34. The molecule has 16 nitrogen and oxygen atoms in total. The molecule has 0 bridgehead atoms. The van der Waals surface area contributed by atoms with E-state index < -0.39 is 41.9 Å². The molecule has 0 saturated carbocycles. The van der Waals surface area contributed by atoms with Crippen molar-refractivity contribution in [2.75, 3.05) is 46.6 Å². The predicted molar refractivity (Wildman–Crippen MR) is 292 cm³/mol. The number of esters is 1. The molecule has 4 amide bonds. The molecule has 79 heavy (non-hydrogen) atoms. The van der Waals surface area contributed by atoms with Crippen LogP contribution in [0.15, 0.2) is 182 Å². The topological polar surface area (TPSA) is 225 Å². The van der Waals surface area contributed by atoms with Gasteiger partial charge in [0.15, 0.2) is 0 Å². The van der Waals surface area contributed by atoms with Crippen LogP contribution in [0.1, 0.15) is 65.5 Å². The quantitative estimate of drug-likeness (QED) is 0.123. The molecule has 0 spiro atoms. The molecule has 6 aromatic carbocycles. The number of likely N-dealkylation sites (tertiary alicyclic amines) is 2. The fraction of sp³-hybridized carbons (Fsp3) is 0.323. The first-order valence-electron chi connectivity index (χ1n) is 25.6. The van der Waals surface area contributed by atoms with Crippen LogP contribution < -0.4 is 18.9 Å².